The van der Waals surface area contributed by atoms with E-state index in [9.17, 15) is 0 Å². The van der Waals surface area contributed by atoms with E-state index in [1.54, 1.807) is 0 Å². The Labute approximate surface area is 102 Å². The summed E-state index contributed by atoms with van der Waals surface area (Å²) in [5, 5.41) is 0. The van der Waals surface area contributed by atoms with Gasteiger partial charge in [-0.15, -0.1) is 0 Å². The molecule has 51 valence electrons. The Hall–Kier alpha value is 2.43. The van der Waals surface area contributed by atoms with Crippen LogP contribution in [0.5, 0.6) is 0 Å². The minimum Gasteiger partial charge on any atom is -0.264 e. The molecular weight excluding hydrogens is 417 g/mol. The number of hydrogen-bond donors (Lipinski definition) is 2. The van der Waals surface area contributed by atoms with Crippen molar-refractivity contribution in [2.75, 3.05) is 0 Å². The van der Waals surface area contributed by atoms with E-state index in [0.29, 0.717) is 0 Å². The Morgan fingerprint density at radius 2 is 1.14 bits per heavy atom. The van der Waals surface area contributed by atoms with Crippen LogP contribution in [0.15, 0.2) is 0 Å². The maximum absolute atomic E-state index is 8.74. The summed E-state index contributed by atoms with van der Waals surface area (Å²) in [4.78, 5) is 0. The first kappa shape index (κ1) is 16.2. The maximum Gasteiger partial charge on any atom is 0.394 e. The van der Waals surface area contributed by atoms with Crippen LogP contribution in [0, 0.1) is 76.8 Å². The Morgan fingerprint density at radius 1 is 1.14 bits per heavy atom. The molecule has 0 fully saturated rings. The van der Waals surface area contributed by atoms with E-state index in [0.717, 1.165) is 0 Å². The zero-order valence-electron chi connectivity index (χ0n) is 2.77. The average Bonchev–Trinajstić information content (AvgIpc) is 0.722. The number of rotatable bonds is 0. The second kappa shape index (κ2) is 6.55. The molecule has 7 heavy (non-hydrogen) atoms. The first-order valence-electron chi connectivity index (χ1n) is 0.698. The summed E-state index contributed by atoms with van der Waals surface area (Å²) >= 11 is 0. The Kier molecular flexibility index (Phi) is 15.2. The summed E-state index contributed by atoms with van der Waals surface area (Å²) < 4.78 is 31.6. The molecule has 0 heterocycles. The van der Waals surface area contributed by atoms with Crippen LogP contribution >= 0.6 is 0 Å². The van der Waals surface area contributed by atoms with Crippen molar-refractivity contribution in [2.24, 2.45) is 0 Å². The second-order valence-electron chi connectivity index (χ2n) is 0.448. The van der Waals surface area contributed by atoms with Crippen LogP contribution in [-0.2, 0) is 10.4 Å². The van der Waals surface area contributed by atoms with Crippen molar-refractivity contribution in [1.29, 1.82) is 0 Å². The predicted octanol–water partition coefficient (Wildman–Crippen LogP) is -0.653. The smallest absolute Gasteiger partial charge is 0.264 e. The summed E-state index contributed by atoms with van der Waals surface area (Å²) in [6.45, 7) is 0. The molecule has 0 bridgehead atoms. The molecule has 2 N–H and O–H groups in total. The third-order valence-corrected chi connectivity index (χ3v) is 0. The van der Waals surface area contributed by atoms with Crippen LogP contribution in [0.25, 0.3) is 0 Å². The summed E-state index contributed by atoms with van der Waals surface area (Å²) in [7, 11) is -4.67. The van der Waals surface area contributed by atoms with Gasteiger partial charge in [0, 0.05) is 76.8 Å². The fourth-order valence-electron chi connectivity index (χ4n) is 0. The van der Waals surface area contributed by atoms with Crippen molar-refractivity contribution in [3.05, 3.63) is 0 Å². The molecule has 0 rings (SSSR count). The Balaban J connectivity index is -0.0000000800. The van der Waals surface area contributed by atoms with Gasteiger partial charge in [-0.3, -0.25) is 9.11 Å². The molecule has 0 unspecified atom stereocenters. The molecule has 0 aromatic carbocycles. The summed E-state index contributed by atoms with van der Waals surface area (Å²) in [5.41, 5.74) is 0. The van der Waals surface area contributed by atoms with Crippen LogP contribution in [-0.4, -0.2) is 17.5 Å². The monoisotopic (exact) mass is 421 g/mol. The Morgan fingerprint density at radius 3 is 1.14 bits per heavy atom. The van der Waals surface area contributed by atoms with Gasteiger partial charge in [-0.2, -0.15) is 8.42 Å². The van der Waals surface area contributed by atoms with Crippen molar-refractivity contribution >= 4 is 10.4 Å². The van der Waals surface area contributed by atoms with Crippen molar-refractivity contribution in [3.8, 4) is 0 Å². The van der Waals surface area contributed by atoms with Gasteiger partial charge in [0.25, 0.3) is 0 Å². The standard InChI is InChI=1S/Dy.H2O4S.Tb/c;1-5(2,3)4;/h;(H2,1,2,3,4);. The fraction of sp³-hybridized carbons (Fsp3) is 0. The molecule has 0 saturated carbocycles. The molecule has 0 aliphatic carbocycles. The third kappa shape index (κ3) is 59.1. The van der Waals surface area contributed by atoms with Crippen LogP contribution in [0.4, 0.5) is 0 Å². The zero-order valence-corrected chi connectivity index (χ0v) is 7.75. The van der Waals surface area contributed by atoms with Gasteiger partial charge in [-0.25, -0.2) is 0 Å². The molecule has 0 aliphatic rings. The molecule has 7 heteroatoms. The molecular formula is H2DyO4STb. The van der Waals surface area contributed by atoms with Crippen LogP contribution in [0.2, 0.25) is 0 Å². The van der Waals surface area contributed by atoms with E-state index in [1.807, 2.05) is 0 Å². The minimum atomic E-state index is -4.67. The maximum atomic E-state index is 8.74. The van der Waals surface area contributed by atoms with Gasteiger partial charge in [0.2, 0.25) is 0 Å². The molecule has 0 atom stereocenters. The molecule has 0 aromatic heterocycles. The van der Waals surface area contributed by atoms with Gasteiger partial charge in [-0.1, -0.05) is 0 Å². The molecule has 0 spiro atoms. The molecule has 1 radical (unpaired) electrons. The molecule has 0 amide bonds. The first-order chi connectivity index (χ1) is 2.00. The molecule has 0 aliphatic heterocycles. The summed E-state index contributed by atoms with van der Waals surface area (Å²) in [5.74, 6) is 0. The van der Waals surface area contributed by atoms with E-state index in [1.165, 1.54) is 0 Å². The van der Waals surface area contributed by atoms with Gasteiger partial charge in [0.1, 0.15) is 0 Å². The van der Waals surface area contributed by atoms with E-state index < -0.39 is 10.4 Å². The van der Waals surface area contributed by atoms with Gasteiger partial charge in [0.15, 0.2) is 0 Å². The molecule has 4 nitrogen and oxygen atoms in total. The van der Waals surface area contributed by atoms with Gasteiger partial charge in [-0.05, 0) is 0 Å². The quantitative estimate of drug-likeness (QED) is 0.512. The van der Waals surface area contributed by atoms with E-state index >= 15 is 0 Å². The first-order valence-corrected chi connectivity index (χ1v) is 2.10. The van der Waals surface area contributed by atoms with E-state index in [-0.39, 0.29) is 76.8 Å². The molecule has 0 aromatic rings. The minimum absolute atomic E-state index is 0. The van der Waals surface area contributed by atoms with E-state index in [2.05, 4.69) is 0 Å². The van der Waals surface area contributed by atoms with Crippen molar-refractivity contribution in [1.82, 2.24) is 0 Å². The fourth-order valence-corrected chi connectivity index (χ4v) is 0. The normalized spacial score (nSPS) is 8.29. The summed E-state index contributed by atoms with van der Waals surface area (Å²) in [6.07, 6.45) is 0. The van der Waals surface area contributed by atoms with Crippen LogP contribution in [0.1, 0.15) is 0 Å². The van der Waals surface area contributed by atoms with Gasteiger partial charge in [0.05, 0.1) is 0 Å². The second-order valence-corrected chi connectivity index (χ2v) is 1.34. The summed E-state index contributed by atoms with van der Waals surface area (Å²) in [6, 6.07) is 0. The van der Waals surface area contributed by atoms with Crippen molar-refractivity contribution in [3.63, 3.8) is 0 Å². The zero-order chi connectivity index (χ0) is 4.50. The average molecular weight is 420 g/mol. The number of hydrogen-bond acceptors (Lipinski definition) is 2. The predicted molar refractivity (Wildman–Crippen MR) is 14.2 cm³/mol. The van der Waals surface area contributed by atoms with Crippen LogP contribution in [0.3, 0.4) is 0 Å². The van der Waals surface area contributed by atoms with Crippen molar-refractivity contribution in [2.45, 2.75) is 0 Å². The Bertz CT molecular complexity index is 94.9. The SMILES string of the molecule is O=S(=O)(O)O.[Dy].[Tb]. The van der Waals surface area contributed by atoms with Crippen molar-refractivity contribution < 1.29 is 94.3 Å². The molecule has 0 saturated heterocycles. The third-order valence-electron chi connectivity index (χ3n) is 0. The largest absolute Gasteiger partial charge is 0.394 e. The van der Waals surface area contributed by atoms with Crippen LogP contribution < -0.4 is 0 Å². The topological polar surface area (TPSA) is 74.6 Å². The van der Waals surface area contributed by atoms with Gasteiger partial charge < -0.3 is 0 Å². The van der Waals surface area contributed by atoms with Gasteiger partial charge >= 0.3 is 10.4 Å². The van der Waals surface area contributed by atoms with E-state index in [4.69, 9.17) is 17.5 Å².